The Labute approximate surface area is 180 Å². The van der Waals surface area contributed by atoms with Crippen LogP contribution < -0.4 is 4.74 Å². The van der Waals surface area contributed by atoms with E-state index in [1.54, 1.807) is 7.11 Å². The monoisotopic (exact) mass is 409 g/mol. The van der Waals surface area contributed by atoms with E-state index in [0.717, 1.165) is 41.9 Å². The highest BCUT2D eigenvalue weighted by Gasteiger charge is 2.37. The summed E-state index contributed by atoms with van der Waals surface area (Å²) in [5, 5.41) is 1.04. The molecule has 1 saturated carbocycles. The van der Waals surface area contributed by atoms with Crippen molar-refractivity contribution in [3.05, 3.63) is 30.0 Å². The largest absolute Gasteiger partial charge is 0.495 e. The van der Waals surface area contributed by atoms with Crippen molar-refractivity contribution in [1.29, 1.82) is 0 Å². The van der Waals surface area contributed by atoms with E-state index in [2.05, 4.69) is 33.6 Å². The topological polar surface area (TPSA) is 37.7 Å². The van der Waals surface area contributed by atoms with Crippen LogP contribution in [0.2, 0.25) is 0 Å². The van der Waals surface area contributed by atoms with E-state index in [9.17, 15) is 4.79 Å². The van der Waals surface area contributed by atoms with Gasteiger partial charge in [0.05, 0.1) is 18.2 Å². The highest BCUT2D eigenvalue weighted by Crippen LogP contribution is 2.34. The Kier molecular flexibility index (Phi) is 5.48. The molecule has 2 atom stereocenters. The molecular weight excluding hydrogens is 374 g/mol. The summed E-state index contributed by atoms with van der Waals surface area (Å²) in [4.78, 5) is 18.5. The zero-order valence-corrected chi connectivity index (χ0v) is 18.5. The quantitative estimate of drug-likeness (QED) is 0.744. The van der Waals surface area contributed by atoms with Gasteiger partial charge >= 0.3 is 0 Å². The number of carbonyl (C=O) groups excluding carboxylic acids is 1. The highest BCUT2D eigenvalue weighted by molar-refractivity contribution is 6.08. The van der Waals surface area contributed by atoms with Gasteiger partial charge in [0.25, 0.3) is 5.91 Å². The van der Waals surface area contributed by atoms with Crippen LogP contribution in [0.25, 0.3) is 10.9 Å². The van der Waals surface area contributed by atoms with Gasteiger partial charge in [0.2, 0.25) is 0 Å². The number of amides is 1. The molecule has 0 N–H and O–H groups in total. The fourth-order valence-corrected chi connectivity index (χ4v) is 6.08. The van der Waals surface area contributed by atoms with Crippen LogP contribution in [0.15, 0.2) is 24.4 Å². The molecule has 5 rings (SSSR count). The van der Waals surface area contributed by atoms with E-state index in [1.165, 1.54) is 51.5 Å². The first-order valence-electron chi connectivity index (χ1n) is 11.9. The fraction of sp³-hybridized carbons (Fsp3) is 0.640. The normalized spacial score (nSPS) is 25.6. The molecule has 3 heterocycles. The van der Waals surface area contributed by atoms with Gasteiger partial charge in [-0.25, -0.2) is 0 Å². The van der Waals surface area contributed by atoms with Crippen molar-refractivity contribution in [1.82, 2.24) is 14.4 Å². The van der Waals surface area contributed by atoms with E-state index in [1.807, 2.05) is 12.1 Å². The van der Waals surface area contributed by atoms with Crippen LogP contribution in [-0.2, 0) is 6.54 Å². The Balaban J connectivity index is 1.49. The van der Waals surface area contributed by atoms with Crippen molar-refractivity contribution in [2.75, 3.05) is 26.7 Å². The lowest BCUT2D eigenvalue weighted by Crippen LogP contribution is -2.56. The van der Waals surface area contributed by atoms with E-state index >= 15 is 0 Å². The van der Waals surface area contributed by atoms with Crippen LogP contribution in [0.5, 0.6) is 5.75 Å². The van der Waals surface area contributed by atoms with Crippen LogP contribution in [0.4, 0.5) is 0 Å². The van der Waals surface area contributed by atoms with Gasteiger partial charge in [-0.15, -0.1) is 0 Å². The maximum atomic E-state index is 13.8. The maximum Gasteiger partial charge on any atom is 0.256 e. The van der Waals surface area contributed by atoms with Crippen LogP contribution in [0.3, 0.4) is 0 Å². The summed E-state index contributed by atoms with van der Waals surface area (Å²) in [5.74, 6) is 1.76. The number of carbonyl (C=O) groups is 1. The predicted molar refractivity (Wildman–Crippen MR) is 120 cm³/mol. The zero-order chi connectivity index (χ0) is 20.7. The van der Waals surface area contributed by atoms with E-state index in [0.29, 0.717) is 12.0 Å². The second-order valence-corrected chi connectivity index (χ2v) is 9.65. The van der Waals surface area contributed by atoms with Crippen molar-refractivity contribution < 1.29 is 9.53 Å². The first kappa shape index (κ1) is 19.9. The number of hydrogen-bond acceptors (Lipinski definition) is 3. The number of hydrogen-bond donors (Lipinski definition) is 0. The van der Waals surface area contributed by atoms with Crippen molar-refractivity contribution in [2.45, 2.75) is 70.5 Å². The average molecular weight is 410 g/mol. The maximum absolute atomic E-state index is 13.8. The Morgan fingerprint density at radius 1 is 1.10 bits per heavy atom. The summed E-state index contributed by atoms with van der Waals surface area (Å²) in [6.45, 7) is 6.24. The van der Waals surface area contributed by atoms with Gasteiger partial charge in [0.15, 0.2) is 0 Å². The lowest BCUT2D eigenvalue weighted by atomic mass is 9.89. The predicted octanol–water partition coefficient (Wildman–Crippen LogP) is 4.54. The molecule has 1 aliphatic carbocycles. The fourth-order valence-electron chi connectivity index (χ4n) is 6.08. The first-order chi connectivity index (χ1) is 14.7. The Hall–Kier alpha value is -2.01. The molecule has 0 radical (unpaired) electrons. The molecule has 5 nitrogen and oxygen atoms in total. The number of aromatic nitrogens is 1. The lowest BCUT2D eigenvalue weighted by Gasteiger charge is -2.42. The number of para-hydroxylation sites is 1. The molecule has 1 aromatic carbocycles. The highest BCUT2D eigenvalue weighted by atomic mass is 16.5. The molecule has 1 aromatic heterocycles. The third-order valence-corrected chi connectivity index (χ3v) is 7.69. The first-order valence-corrected chi connectivity index (χ1v) is 11.9. The second kappa shape index (κ2) is 8.26. The molecule has 2 saturated heterocycles. The van der Waals surface area contributed by atoms with Crippen molar-refractivity contribution in [2.24, 2.45) is 5.92 Å². The smallest absolute Gasteiger partial charge is 0.256 e. The molecule has 3 aliphatic rings. The summed E-state index contributed by atoms with van der Waals surface area (Å²) < 4.78 is 8.03. The van der Waals surface area contributed by atoms with Crippen molar-refractivity contribution in [3.8, 4) is 5.75 Å². The van der Waals surface area contributed by atoms with E-state index in [-0.39, 0.29) is 11.9 Å². The summed E-state index contributed by atoms with van der Waals surface area (Å²) in [7, 11) is 1.73. The van der Waals surface area contributed by atoms with Gasteiger partial charge in [-0.3, -0.25) is 9.69 Å². The third kappa shape index (κ3) is 3.51. The minimum absolute atomic E-state index is 0.190. The molecule has 30 heavy (non-hydrogen) atoms. The number of piperazine rings is 1. The standard InChI is InChI=1S/C25H35N3O2/c1-18-14-26-13-7-10-20(26)16-28(18)25(29)22-17-27(15-19-8-4-3-5-9-19)24-21(22)11-6-12-23(24)30-2/h6,11-12,17-20H,3-5,7-10,13-16H2,1-2H3/t18-,20-/m1/s1. The van der Waals surface area contributed by atoms with Gasteiger partial charge in [-0.1, -0.05) is 31.4 Å². The molecular formula is C25H35N3O2. The third-order valence-electron chi connectivity index (χ3n) is 7.69. The molecule has 0 unspecified atom stereocenters. The van der Waals surface area contributed by atoms with Crippen LogP contribution in [-0.4, -0.2) is 59.1 Å². The van der Waals surface area contributed by atoms with Gasteiger partial charge in [-0.05, 0) is 51.1 Å². The van der Waals surface area contributed by atoms with E-state index in [4.69, 9.17) is 4.74 Å². The Morgan fingerprint density at radius 3 is 2.73 bits per heavy atom. The van der Waals surface area contributed by atoms with Crippen molar-refractivity contribution in [3.63, 3.8) is 0 Å². The number of ether oxygens (including phenoxy) is 1. The molecule has 3 fully saturated rings. The minimum Gasteiger partial charge on any atom is -0.495 e. The Morgan fingerprint density at radius 2 is 1.93 bits per heavy atom. The van der Waals surface area contributed by atoms with Crippen molar-refractivity contribution >= 4 is 16.8 Å². The minimum atomic E-state index is 0.190. The number of benzene rings is 1. The van der Waals surface area contributed by atoms with Crippen LogP contribution >= 0.6 is 0 Å². The molecule has 0 spiro atoms. The molecule has 0 bridgehead atoms. The lowest BCUT2D eigenvalue weighted by molar-refractivity contribution is 0.0397. The summed E-state index contributed by atoms with van der Waals surface area (Å²) in [5.41, 5.74) is 1.93. The van der Waals surface area contributed by atoms with Crippen LogP contribution in [0, 0.1) is 5.92 Å². The number of fused-ring (bicyclic) bond motifs is 2. The Bertz CT molecular complexity index is 914. The van der Waals surface area contributed by atoms with E-state index < -0.39 is 0 Å². The number of methoxy groups -OCH3 is 1. The number of rotatable bonds is 4. The zero-order valence-electron chi connectivity index (χ0n) is 18.5. The van der Waals surface area contributed by atoms with Crippen LogP contribution in [0.1, 0.15) is 62.2 Å². The molecule has 162 valence electrons. The molecule has 5 heteroatoms. The second-order valence-electron chi connectivity index (χ2n) is 9.65. The molecule has 1 amide bonds. The SMILES string of the molecule is COc1cccc2c(C(=O)N3C[C@H]4CCCN4C[C@H]3C)cn(CC3CCCCC3)c12. The molecule has 2 aliphatic heterocycles. The average Bonchev–Trinajstić information content (AvgIpc) is 3.37. The van der Waals surface area contributed by atoms with Gasteiger partial charge in [0.1, 0.15) is 5.75 Å². The molecule has 2 aromatic rings. The van der Waals surface area contributed by atoms with Gasteiger partial charge in [-0.2, -0.15) is 0 Å². The summed E-state index contributed by atoms with van der Waals surface area (Å²) in [6.07, 6.45) is 11.2. The number of nitrogens with zero attached hydrogens (tertiary/aromatic N) is 3. The summed E-state index contributed by atoms with van der Waals surface area (Å²) in [6, 6.07) is 6.93. The van der Waals surface area contributed by atoms with Gasteiger partial charge in [0, 0.05) is 43.3 Å². The van der Waals surface area contributed by atoms with Gasteiger partial charge < -0.3 is 14.2 Å². The summed E-state index contributed by atoms with van der Waals surface area (Å²) >= 11 is 0.